The third kappa shape index (κ3) is 3.79. The van der Waals surface area contributed by atoms with Gasteiger partial charge in [0.1, 0.15) is 5.65 Å². The molecule has 0 aliphatic rings. The predicted molar refractivity (Wildman–Crippen MR) is 122 cm³/mol. The molecule has 2 aromatic carbocycles. The molecule has 9 heteroatoms. The number of aromatic nitrogens is 4. The van der Waals surface area contributed by atoms with Crippen LogP contribution in [0.4, 0.5) is 0 Å². The Hall–Kier alpha value is -3.82. The maximum Gasteiger partial charge on any atom is 0.337 e. The number of esters is 1. The van der Waals surface area contributed by atoms with Crippen molar-refractivity contribution in [2.24, 2.45) is 0 Å². The highest BCUT2D eigenvalue weighted by atomic mass is 32.2. The van der Waals surface area contributed by atoms with Crippen LogP contribution in [0.15, 0.2) is 78.2 Å². The number of carbonyl (C=O) groups is 1. The summed E-state index contributed by atoms with van der Waals surface area (Å²) in [7, 11) is 0.0195. The molecule has 0 amide bonds. The number of ether oxygens (including phenoxy) is 1. The highest BCUT2D eigenvalue weighted by molar-refractivity contribution is 7.84. The Morgan fingerprint density at radius 3 is 2.62 bits per heavy atom. The van der Waals surface area contributed by atoms with Crippen LogP contribution in [0.5, 0.6) is 0 Å². The van der Waals surface area contributed by atoms with E-state index in [9.17, 15) is 9.00 Å². The number of imidazole rings is 2. The molecule has 0 radical (unpaired) electrons. The molecule has 3 aromatic heterocycles. The number of methoxy groups -OCH3 is 1. The minimum Gasteiger partial charge on any atom is -0.465 e. The van der Waals surface area contributed by atoms with Crippen LogP contribution < -0.4 is 0 Å². The fourth-order valence-corrected chi connectivity index (χ4v) is 4.61. The van der Waals surface area contributed by atoms with Crippen molar-refractivity contribution in [2.75, 3.05) is 7.11 Å². The van der Waals surface area contributed by atoms with Gasteiger partial charge in [-0.3, -0.25) is 8.61 Å². The molecule has 0 bridgehead atoms. The van der Waals surface area contributed by atoms with E-state index in [-0.39, 0.29) is 11.4 Å². The molecule has 0 spiro atoms. The third-order valence-electron chi connectivity index (χ3n) is 5.09. The van der Waals surface area contributed by atoms with Crippen LogP contribution in [-0.2, 0) is 21.3 Å². The third-order valence-corrected chi connectivity index (χ3v) is 6.29. The lowest BCUT2D eigenvalue weighted by Crippen LogP contribution is -2.02. The number of fused-ring (bicyclic) bond motifs is 2. The number of pyridine rings is 1. The van der Waals surface area contributed by atoms with Crippen LogP contribution in [0, 0.1) is 0 Å². The molecule has 32 heavy (non-hydrogen) atoms. The minimum absolute atomic E-state index is 0. The van der Waals surface area contributed by atoms with Crippen molar-refractivity contribution in [1.82, 2.24) is 19.4 Å². The van der Waals surface area contributed by atoms with Crippen LogP contribution in [-0.4, -0.2) is 42.1 Å². The first-order chi connectivity index (χ1) is 15.1. The second-order valence-corrected chi connectivity index (χ2v) is 8.35. The van der Waals surface area contributed by atoms with Gasteiger partial charge in [-0.25, -0.2) is 14.8 Å². The lowest BCUT2D eigenvalue weighted by Gasteiger charge is -2.06. The number of H-pyrrole nitrogens is 1. The summed E-state index contributed by atoms with van der Waals surface area (Å²) in [6, 6.07) is 18.6. The monoisotopic (exact) mass is 448 g/mol. The van der Waals surface area contributed by atoms with Crippen molar-refractivity contribution in [3.8, 4) is 11.3 Å². The van der Waals surface area contributed by atoms with Gasteiger partial charge in [0.2, 0.25) is 0 Å². The predicted octanol–water partition coefficient (Wildman–Crippen LogP) is 3.15. The van der Waals surface area contributed by atoms with Crippen molar-refractivity contribution < 1.29 is 19.2 Å². The molecule has 3 N–H and O–H groups in total. The van der Waals surface area contributed by atoms with E-state index in [4.69, 9.17) is 4.74 Å². The molecule has 162 valence electrons. The summed E-state index contributed by atoms with van der Waals surface area (Å²) < 4.78 is 19.7. The number of hydrogen-bond acceptors (Lipinski definition) is 5. The van der Waals surface area contributed by atoms with Crippen LogP contribution >= 0.6 is 0 Å². The van der Waals surface area contributed by atoms with Crippen LogP contribution in [0.3, 0.4) is 0 Å². The Bertz CT molecular complexity index is 1410. The zero-order chi connectivity index (χ0) is 21.4. The average molecular weight is 449 g/mol. The van der Waals surface area contributed by atoms with Gasteiger partial charge in [0.25, 0.3) is 0 Å². The quantitative estimate of drug-likeness (QED) is 0.414. The second-order valence-electron chi connectivity index (χ2n) is 6.99. The fourth-order valence-electron chi connectivity index (χ4n) is 3.54. The number of nitrogens with one attached hydrogen (secondary N) is 1. The number of benzene rings is 2. The molecule has 0 aliphatic heterocycles. The molecule has 0 fully saturated rings. The van der Waals surface area contributed by atoms with E-state index < -0.39 is 10.8 Å². The normalized spacial score (nSPS) is 11.9. The molecule has 5 aromatic rings. The van der Waals surface area contributed by atoms with Crippen molar-refractivity contribution >= 4 is 33.4 Å². The lowest BCUT2D eigenvalue weighted by molar-refractivity contribution is 0.0600. The van der Waals surface area contributed by atoms with Gasteiger partial charge < -0.3 is 15.2 Å². The molecular weight excluding hydrogens is 428 g/mol. The average Bonchev–Trinajstić information content (AvgIpc) is 3.44. The van der Waals surface area contributed by atoms with E-state index in [0.717, 1.165) is 33.5 Å². The standard InChI is InChI=1S/C23H18N4O3S.H2O/c1-30-22(28)16-10-8-15(9-11-16)20-13-24-21-17(5-4-12-27(20)21)14-31(29)23-25-18-6-2-3-7-19(18)26-23;/h2-13H,14H2,1H3,(H,25,26);1H2. The van der Waals surface area contributed by atoms with E-state index in [1.165, 1.54) is 7.11 Å². The van der Waals surface area contributed by atoms with Gasteiger partial charge in [0, 0.05) is 17.3 Å². The lowest BCUT2D eigenvalue weighted by atomic mass is 10.1. The molecule has 1 atom stereocenters. The summed E-state index contributed by atoms with van der Waals surface area (Å²) in [6.07, 6.45) is 3.69. The van der Waals surface area contributed by atoms with Gasteiger partial charge in [-0.2, -0.15) is 0 Å². The Kier molecular flexibility index (Phi) is 5.85. The SMILES string of the molecule is COC(=O)c1ccc(-c2cnc3c(CS(=O)c4nc5ccccc5[nH]4)cccn23)cc1.O. The van der Waals surface area contributed by atoms with Gasteiger partial charge in [0.05, 0.1) is 52.1 Å². The maximum atomic E-state index is 13.0. The van der Waals surface area contributed by atoms with Crippen LogP contribution in [0.2, 0.25) is 0 Å². The first kappa shape index (κ1) is 21.4. The van der Waals surface area contributed by atoms with Crippen LogP contribution in [0.1, 0.15) is 15.9 Å². The summed E-state index contributed by atoms with van der Waals surface area (Å²) in [5.41, 5.74) is 5.53. The van der Waals surface area contributed by atoms with Crippen molar-refractivity contribution in [1.29, 1.82) is 0 Å². The Labute approximate surface area is 185 Å². The zero-order valence-corrected chi connectivity index (χ0v) is 17.9. The molecule has 0 aliphatic carbocycles. The van der Waals surface area contributed by atoms with Crippen molar-refractivity contribution in [2.45, 2.75) is 10.9 Å². The molecule has 8 nitrogen and oxygen atoms in total. The van der Waals surface area contributed by atoms with E-state index in [0.29, 0.717) is 16.5 Å². The summed E-state index contributed by atoms with van der Waals surface area (Å²) in [5.74, 6) is -0.0814. The molecule has 3 heterocycles. The van der Waals surface area contributed by atoms with Gasteiger partial charge >= 0.3 is 5.97 Å². The topological polar surface area (TPSA) is 121 Å². The summed E-state index contributed by atoms with van der Waals surface area (Å²) in [4.78, 5) is 23.8. The highest BCUT2D eigenvalue weighted by Gasteiger charge is 2.15. The zero-order valence-electron chi connectivity index (χ0n) is 17.1. The van der Waals surface area contributed by atoms with Crippen molar-refractivity contribution in [3.63, 3.8) is 0 Å². The van der Waals surface area contributed by atoms with E-state index in [2.05, 4.69) is 15.0 Å². The second kappa shape index (κ2) is 8.74. The van der Waals surface area contributed by atoms with E-state index >= 15 is 0 Å². The first-order valence-electron chi connectivity index (χ1n) is 9.61. The Morgan fingerprint density at radius 2 is 1.88 bits per heavy atom. The summed E-state index contributed by atoms with van der Waals surface area (Å²) in [6.45, 7) is 0. The number of aromatic amines is 1. The van der Waals surface area contributed by atoms with Gasteiger partial charge in [-0.05, 0) is 30.3 Å². The molecule has 0 saturated carbocycles. The molecule has 0 saturated heterocycles. The van der Waals surface area contributed by atoms with Crippen LogP contribution in [0.25, 0.3) is 27.9 Å². The smallest absolute Gasteiger partial charge is 0.337 e. The number of hydrogen-bond donors (Lipinski definition) is 1. The minimum atomic E-state index is -1.34. The summed E-state index contributed by atoms with van der Waals surface area (Å²) >= 11 is 0. The van der Waals surface area contributed by atoms with E-state index in [1.54, 1.807) is 18.3 Å². The summed E-state index contributed by atoms with van der Waals surface area (Å²) in [5, 5.41) is 0.452. The van der Waals surface area contributed by atoms with Gasteiger partial charge in [-0.1, -0.05) is 30.3 Å². The molecular formula is C23H20N4O4S. The maximum absolute atomic E-state index is 13.0. The highest BCUT2D eigenvalue weighted by Crippen LogP contribution is 2.24. The molecule has 1 unspecified atom stereocenters. The largest absolute Gasteiger partial charge is 0.465 e. The molecule has 5 rings (SSSR count). The number of para-hydroxylation sites is 2. The number of nitrogens with zero attached hydrogens (tertiary/aromatic N) is 3. The number of rotatable bonds is 5. The van der Waals surface area contributed by atoms with Crippen molar-refractivity contribution in [3.05, 3.63) is 84.2 Å². The Morgan fingerprint density at radius 1 is 1.09 bits per heavy atom. The Balaban J connectivity index is 0.00000245. The fraction of sp³-hybridized carbons (Fsp3) is 0.0870. The first-order valence-corrected chi connectivity index (χ1v) is 10.9. The van der Waals surface area contributed by atoms with Gasteiger partial charge in [0.15, 0.2) is 5.16 Å². The van der Waals surface area contributed by atoms with E-state index in [1.807, 2.05) is 59.1 Å². The van der Waals surface area contributed by atoms with Gasteiger partial charge in [-0.15, -0.1) is 0 Å². The number of carbonyl (C=O) groups excluding carboxylic acids is 1.